The van der Waals surface area contributed by atoms with Crippen LogP contribution in [0.5, 0.6) is 0 Å². The van der Waals surface area contributed by atoms with Crippen LogP contribution in [-0.4, -0.2) is 26.6 Å². The fourth-order valence-electron chi connectivity index (χ4n) is 2.88. The van der Waals surface area contributed by atoms with E-state index in [1.807, 2.05) is 0 Å². The molecule has 0 saturated heterocycles. The minimum absolute atomic E-state index is 0.168. The topological polar surface area (TPSA) is 88.9 Å². The Morgan fingerprint density at radius 2 is 2.08 bits per heavy atom. The number of aryl methyl sites for hydroxylation is 1. The van der Waals surface area contributed by atoms with Crippen LogP contribution in [0, 0.1) is 0 Å². The van der Waals surface area contributed by atoms with Crippen molar-refractivity contribution in [3.8, 4) is 0 Å². The summed E-state index contributed by atoms with van der Waals surface area (Å²) in [6.07, 6.45) is 4.40. The van der Waals surface area contributed by atoms with Crippen LogP contribution >= 0.6 is 0 Å². The molecule has 7 heteroatoms. The van der Waals surface area contributed by atoms with Crippen molar-refractivity contribution in [2.75, 3.05) is 5.32 Å². The van der Waals surface area contributed by atoms with E-state index < -0.39 is 0 Å². The highest BCUT2D eigenvalue weighted by Crippen LogP contribution is 2.15. The number of carbonyl (C=O) groups excluding carboxylic acids is 2. The van der Waals surface area contributed by atoms with Crippen LogP contribution in [0.2, 0.25) is 0 Å². The number of anilines is 1. The van der Waals surface area contributed by atoms with Crippen molar-refractivity contribution in [3.05, 3.63) is 41.5 Å². The molecule has 1 aromatic heterocycles. The third kappa shape index (κ3) is 3.79. The number of aromatic nitrogens is 3. The van der Waals surface area contributed by atoms with Gasteiger partial charge in [0.15, 0.2) is 5.82 Å². The molecule has 2 heterocycles. The third-order valence-electron chi connectivity index (χ3n) is 4.04. The van der Waals surface area contributed by atoms with Crippen LogP contribution in [0.15, 0.2) is 24.3 Å². The van der Waals surface area contributed by atoms with E-state index in [1.54, 1.807) is 24.3 Å². The van der Waals surface area contributed by atoms with Gasteiger partial charge in [-0.05, 0) is 31.0 Å². The lowest BCUT2D eigenvalue weighted by molar-refractivity contribution is -0.114. The first-order valence-corrected chi connectivity index (χ1v) is 8.20. The van der Waals surface area contributed by atoms with Crippen LogP contribution in [0.25, 0.3) is 0 Å². The van der Waals surface area contributed by atoms with Gasteiger partial charge in [0.2, 0.25) is 5.91 Å². The summed E-state index contributed by atoms with van der Waals surface area (Å²) < 4.78 is 2.11. The van der Waals surface area contributed by atoms with Crippen molar-refractivity contribution in [2.24, 2.45) is 0 Å². The molecule has 0 radical (unpaired) electrons. The van der Waals surface area contributed by atoms with Crippen LogP contribution in [0.3, 0.4) is 0 Å². The Hall–Kier alpha value is -2.70. The monoisotopic (exact) mass is 327 g/mol. The Morgan fingerprint density at radius 3 is 2.92 bits per heavy atom. The van der Waals surface area contributed by atoms with Gasteiger partial charge in [0.25, 0.3) is 5.91 Å². The van der Waals surface area contributed by atoms with Crippen molar-refractivity contribution in [3.63, 3.8) is 0 Å². The Morgan fingerprint density at radius 1 is 1.21 bits per heavy atom. The molecule has 2 aromatic rings. The van der Waals surface area contributed by atoms with E-state index in [2.05, 4.69) is 25.4 Å². The van der Waals surface area contributed by atoms with Crippen LogP contribution < -0.4 is 10.6 Å². The van der Waals surface area contributed by atoms with Crippen LogP contribution in [-0.2, 0) is 24.3 Å². The largest absolute Gasteiger partial charge is 0.345 e. The van der Waals surface area contributed by atoms with Gasteiger partial charge in [-0.2, -0.15) is 0 Å². The Bertz CT molecular complexity index is 753. The molecule has 0 aliphatic carbocycles. The van der Waals surface area contributed by atoms with Crippen molar-refractivity contribution < 1.29 is 9.59 Å². The fourth-order valence-corrected chi connectivity index (χ4v) is 2.88. The molecule has 126 valence electrons. The van der Waals surface area contributed by atoms with Crippen molar-refractivity contribution in [1.82, 2.24) is 20.1 Å². The van der Waals surface area contributed by atoms with Gasteiger partial charge < -0.3 is 15.2 Å². The second kappa shape index (κ2) is 7.25. The summed E-state index contributed by atoms with van der Waals surface area (Å²) in [6.45, 7) is 2.69. The van der Waals surface area contributed by atoms with E-state index >= 15 is 0 Å². The van der Waals surface area contributed by atoms with E-state index in [1.165, 1.54) is 13.3 Å². The first-order valence-electron chi connectivity index (χ1n) is 8.20. The molecule has 0 saturated carbocycles. The molecule has 0 unspecified atom stereocenters. The SMILES string of the molecule is CC(=O)Nc1cccc(C(=O)NCc2nnc3n2CCCCC3)c1. The van der Waals surface area contributed by atoms with Gasteiger partial charge >= 0.3 is 0 Å². The molecule has 7 nitrogen and oxygen atoms in total. The standard InChI is InChI=1S/C17H21N5O2/c1-12(23)19-14-7-5-6-13(10-14)17(24)18-11-16-21-20-15-8-3-2-4-9-22(15)16/h5-7,10H,2-4,8-9,11H2,1H3,(H,18,24)(H,19,23). The zero-order valence-electron chi connectivity index (χ0n) is 13.7. The number of rotatable bonds is 4. The van der Waals surface area contributed by atoms with Gasteiger partial charge in [0.1, 0.15) is 5.82 Å². The maximum Gasteiger partial charge on any atom is 0.251 e. The van der Waals surface area contributed by atoms with Gasteiger partial charge in [-0.15, -0.1) is 10.2 Å². The second-order valence-corrected chi connectivity index (χ2v) is 5.94. The lowest BCUT2D eigenvalue weighted by Gasteiger charge is -2.09. The number of carbonyl (C=O) groups is 2. The molecule has 1 aliphatic rings. The highest BCUT2D eigenvalue weighted by molar-refractivity contribution is 5.96. The summed E-state index contributed by atoms with van der Waals surface area (Å²) in [5.74, 6) is 1.43. The number of nitrogens with zero attached hydrogens (tertiary/aromatic N) is 3. The summed E-state index contributed by atoms with van der Waals surface area (Å²) >= 11 is 0. The second-order valence-electron chi connectivity index (χ2n) is 5.94. The van der Waals surface area contributed by atoms with E-state index in [9.17, 15) is 9.59 Å². The van der Waals surface area contributed by atoms with Crippen LogP contribution in [0.4, 0.5) is 5.69 Å². The zero-order chi connectivity index (χ0) is 16.9. The first kappa shape index (κ1) is 16.2. The predicted octanol–water partition coefficient (Wildman–Crippen LogP) is 1.89. The molecule has 0 spiro atoms. The highest BCUT2D eigenvalue weighted by Gasteiger charge is 2.15. The normalized spacial score (nSPS) is 13.7. The van der Waals surface area contributed by atoms with E-state index in [-0.39, 0.29) is 11.8 Å². The minimum atomic E-state index is -0.201. The smallest absolute Gasteiger partial charge is 0.251 e. The molecule has 0 bridgehead atoms. The van der Waals surface area contributed by atoms with Gasteiger partial charge in [0.05, 0.1) is 6.54 Å². The molecular formula is C17H21N5O2. The molecule has 2 N–H and O–H groups in total. The van der Waals surface area contributed by atoms with Gasteiger partial charge in [-0.3, -0.25) is 9.59 Å². The minimum Gasteiger partial charge on any atom is -0.345 e. The van der Waals surface area contributed by atoms with Crippen LogP contribution in [0.1, 0.15) is 48.2 Å². The Balaban J connectivity index is 1.66. The molecule has 2 amide bonds. The number of hydrogen-bond acceptors (Lipinski definition) is 4. The Kier molecular flexibility index (Phi) is 4.88. The van der Waals surface area contributed by atoms with Gasteiger partial charge in [-0.25, -0.2) is 0 Å². The Labute approximate surface area is 140 Å². The van der Waals surface area contributed by atoms with Gasteiger partial charge in [-0.1, -0.05) is 12.5 Å². The maximum atomic E-state index is 12.3. The fraction of sp³-hybridized carbons (Fsp3) is 0.412. The summed E-state index contributed by atoms with van der Waals surface area (Å²) in [6, 6.07) is 6.85. The maximum absolute atomic E-state index is 12.3. The summed E-state index contributed by atoms with van der Waals surface area (Å²) in [4.78, 5) is 23.4. The van der Waals surface area contributed by atoms with Crippen molar-refractivity contribution in [2.45, 2.75) is 45.7 Å². The third-order valence-corrected chi connectivity index (χ3v) is 4.04. The zero-order valence-corrected chi connectivity index (χ0v) is 13.7. The number of nitrogens with one attached hydrogen (secondary N) is 2. The lowest BCUT2D eigenvalue weighted by Crippen LogP contribution is -2.25. The van der Waals surface area contributed by atoms with E-state index in [0.717, 1.165) is 37.5 Å². The average Bonchev–Trinajstić information content (AvgIpc) is 2.79. The predicted molar refractivity (Wildman–Crippen MR) is 89.5 cm³/mol. The number of benzene rings is 1. The molecule has 1 aliphatic heterocycles. The summed E-state index contributed by atoms with van der Waals surface area (Å²) in [5.41, 5.74) is 1.10. The summed E-state index contributed by atoms with van der Waals surface area (Å²) in [5, 5.41) is 14.0. The molecule has 0 atom stereocenters. The van der Waals surface area contributed by atoms with E-state index in [4.69, 9.17) is 0 Å². The molecule has 0 fully saturated rings. The molecule has 3 rings (SSSR count). The average molecular weight is 327 g/mol. The summed E-state index contributed by atoms with van der Waals surface area (Å²) in [7, 11) is 0. The van der Waals surface area contributed by atoms with E-state index in [0.29, 0.717) is 17.8 Å². The first-order chi connectivity index (χ1) is 11.6. The van der Waals surface area contributed by atoms with Crippen molar-refractivity contribution >= 4 is 17.5 Å². The van der Waals surface area contributed by atoms with Gasteiger partial charge in [0, 0.05) is 31.1 Å². The highest BCUT2D eigenvalue weighted by atomic mass is 16.2. The lowest BCUT2D eigenvalue weighted by atomic mass is 10.2. The molecule has 24 heavy (non-hydrogen) atoms. The molecular weight excluding hydrogens is 306 g/mol. The quantitative estimate of drug-likeness (QED) is 0.897. The number of fused-ring (bicyclic) bond motifs is 1. The molecule has 1 aromatic carbocycles. The number of amides is 2. The number of hydrogen-bond donors (Lipinski definition) is 2. The van der Waals surface area contributed by atoms with Crippen molar-refractivity contribution in [1.29, 1.82) is 0 Å².